The Balaban J connectivity index is 2.55. The summed E-state index contributed by atoms with van der Waals surface area (Å²) in [7, 11) is 0. The Morgan fingerprint density at radius 2 is 2.06 bits per heavy atom. The van der Waals surface area contributed by atoms with E-state index < -0.39 is 0 Å². The molecule has 0 aliphatic carbocycles. The molecule has 0 bridgehead atoms. The lowest BCUT2D eigenvalue weighted by Gasteiger charge is -2.38. The van der Waals surface area contributed by atoms with Gasteiger partial charge in [0.2, 0.25) is 5.91 Å². The average molecular weight is 255 g/mol. The van der Waals surface area contributed by atoms with Crippen LogP contribution in [0, 0.1) is 5.41 Å². The molecule has 1 fully saturated rings. The van der Waals surface area contributed by atoms with Gasteiger partial charge in [0.15, 0.2) is 0 Å². The molecule has 1 saturated heterocycles. The fourth-order valence-electron chi connectivity index (χ4n) is 2.67. The highest BCUT2D eigenvalue weighted by atomic mass is 16.2. The van der Waals surface area contributed by atoms with Crippen LogP contribution in [0.5, 0.6) is 0 Å². The van der Waals surface area contributed by atoms with E-state index in [-0.39, 0.29) is 28.9 Å². The predicted octanol–water partition coefficient (Wildman–Crippen LogP) is 1.40. The van der Waals surface area contributed by atoms with Gasteiger partial charge in [-0.3, -0.25) is 4.79 Å². The molecule has 1 aliphatic heterocycles. The van der Waals surface area contributed by atoms with Gasteiger partial charge in [0, 0.05) is 11.6 Å². The SMILES string of the molecule is CC(N)C(C)(C)CC(C)(C)NC(=O)C1CCCN1. The number of nitrogens with one attached hydrogen (secondary N) is 2. The molecule has 1 rings (SSSR count). The van der Waals surface area contributed by atoms with Crippen LogP contribution in [0.15, 0.2) is 0 Å². The second-order valence-electron chi connectivity index (χ2n) is 6.98. The van der Waals surface area contributed by atoms with Gasteiger partial charge in [0.05, 0.1) is 6.04 Å². The van der Waals surface area contributed by atoms with Crippen LogP contribution < -0.4 is 16.4 Å². The van der Waals surface area contributed by atoms with E-state index in [0.29, 0.717) is 0 Å². The smallest absolute Gasteiger partial charge is 0.237 e. The van der Waals surface area contributed by atoms with Gasteiger partial charge in [0.1, 0.15) is 0 Å². The molecule has 0 aromatic rings. The molecule has 4 nitrogen and oxygen atoms in total. The molecule has 1 heterocycles. The van der Waals surface area contributed by atoms with Gasteiger partial charge < -0.3 is 16.4 Å². The molecule has 0 radical (unpaired) electrons. The van der Waals surface area contributed by atoms with Gasteiger partial charge >= 0.3 is 0 Å². The summed E-state index contributed by atoms with van der Waals surface area (Å²) in [4.78, 5) is 12.1. The lowest BCUT2D eigenvalue weighted by Crippen LogP contribution is -2.53. The third-order valence-corrected chi connectivity index (χ3v) is 3.97. The molecule has 1 aliphatic rings. The van der Waals surface area contributed by atoms with Crippen molar-refractivity contribution in [2.45, 2.75) is 71.5 Å². The highest BCUT2D eigenvalue weighted by Crippen LogP contribution is 2.30. The molecular formula is C14H29N3O. The quantitative estimate of drug-likeness (QED) is 0.695. The zero-order valence-electron chi connectivity index (χ0n) is 12.5. The van der Waals surface area contributed by atoms with Crippen LogP contribution in [0.2, 0.25) is 0 Å². The van der Waals surface area contributed by atoms with Gasteiger partial charge in [-0.2, -0.15) is 0 Å². The minimum Gasteiger partial charge on any atom is -0.350 e. The fraction of sp³-hybridized carbons (Fsp3) is 0.929. The van der Waals surface area contributed by atoms with Crippen LogP contribution in [0.3, 0.4) is 0 Å². The third-order valence-electron chi connectivity index (χ3n) is 3.97. The summed E-state index contributed by atoms with van der Waals surface area (Å²) in [5, 5.41) is 6.38. The Bertz CT molecular complexity index is 291. The molecule has 18 heavy (non-hydrogen) atoms. The predicted molar refractivity (Wildman–Crippen MR) is 75.3 cm³/mol. The summed E-state index contributed by atoms with van der Waals surface area (Å²) in [5.74, 6) is 0.123. The highest BCUT2D eigenvalue weighted by molar-refractivity contribution is 5.82. The van der Waals surface area contributed by atoms with Crippen LogP contribution in [0.1, 0.15) is 53.9 Å². The number of nitrogens with two attached hydrogens (primary N) is 1. The number of carbonyl (C=O) groups excluding carboxylic acids is 1. The van der Waals surface area contributed by atoms with Gasteiger partial charge in [-0.1, -0.05) is 13.8 Å². The molecule has 106 valence electrons. The lowest BCUT2D eigenvalue weighted by atomic mass is 9.75. The summed E-state index contributed by atoms with van der Waals surface area (Å²) in [6, 6.07) is 0.0981. The molecule has 0 aromatic heterocycles. The van der Waals surface area contributed by atoms with Gasteiger partial charge in [-0.25, -0.2) is 0 Å². The van der Waals surface area contributed by atoms with Crippen molar-refractivity contribution in [3.05, 3.63) is 0 Å². The first-order valence-electron chi connectivity index (χ1n) is 6.95. The van der Waals surface area contributed by atoms with E-state index in [9.17, 15) is 4.79 Å². The highest BCUT2D eigenvalue weighted by Gasteiger charge is 2.34. The number of carbonyl (C=O) groups is 1. The standard InChI is InChI=1S/C14H29N3O/c1-10(15)13(2,3)9-14(4,5)17-12(18)11-7-6-8-16-11/h10-11,16H,6-9,15H2,1-5H3,(H,17,18). The van der Waals surface area contributed by atoms with Crippen LogP contribution in [-0.2, 0) is 4.79 Å². The first kappa shape index (κ1) is 15.4. The fourth-order valence-corrected chi connectivity index (χ4v) is 2.67. The monoisotopic (exact) mass is 255 g/mol. The Labute approximate surface area is 111 Å². The zero-order valence-corrected chi connectivity index (χ0v) is 12.5. The van der Waals surface area contributed by atoms with Crippen molar-refractivity contribution >= 4 is 5.91 Å². The lowest BCUT2D eigenvalue weighted by molar-refractivity contribution is -0.124. The van der Waals surface area contributed by atoms with Crippen LogP contribution in [0.4, 0.5) is 0 Å². The number of rotatable bonds is 5. The third kappa shape index (κ3) is 4.25. The van der Waals surface area contributed by atoms with Crippen molar-refractivity contribution in [1.29, 1.82) is 0 Å². The molecule has 0 saturated carbocycles. The molecule has 4 heteroatoms. The maximum atomic E-state index is 12.1. The first-order chi connectivity index (χ1) is 8.14. The van der Waals surface area contributed by atoms with Crippen LogP contribution >= 0.6 is 0 Å². The maximum absolute atomic E-state index is 12.1. The number of amides is 1. The molecule has 0 aromatic carbocycles. The van der Waals surface area contributed by atoms with Crippen molar-refractivity contribution in [1.82, 2.24) is 10.6 Å². The summed E-state index contributed by atoms with van der Waals surface area (Å²) in [5.41, 5.74) is 5.80. The second kappa shape index (κ2) is 5.57. The maximum Gasteiger partial charge on any atom is 0.237 e. The van der Waals surface area contributed by atoms with Crippen LogP contribution in [0.25, 0.3) is 0 Å². The summed E-state index contributed by atoms with van der Waals surface area (Å²) in [6.07, 6.45) is 2.90. The Morgan fingerprint density at radius 1 is 1.44 bits per heavy atom. The molecule has 0 spiro atoms. The van der Waals surface area contributed by atoms with E-state index in [1.807, 2.05) is 6.92 Å². The van der Waals surface area contributed by atoms with E-state index >= 15 is 0 Å². The number of hydrogen-bond donors (Lipinski definition) is 3. The van der Waals surface area contributed by atoms with Crippen molar-refractivity contribution in [2.75, 3.05) is 6.54 Å². The average Bonchev–Trinajstić information content (AvgIpc) is 2.66. The van der Waals surface area contributed by atoms with E-state index in [4.69, 9.17) is 5.73 Å². The Kier molecular flexibility index (Phi) is 4.78. The van der Waals surface area contributed by atoms with E-state index in [2.05, 4.69) is 38.3 Å². The van der Waals surface area contributed by atoms with E-state index in [0.717, 1.165) is 25.8 Å². The van der Waals surface area contributed by atoms with Crippen molar-refractivity contribution in [2.24, 2.45) is 11.1 Å². The summed E-state index contributed by atoms with van der Waals surface area (Å²) < 4.78 is 0. The van der Waals surface area contributed by atoms with Gasteiger partial charge in [-0.05, 0) is 52.0 Å². The molecular weight excluding hydrogens is 226 g/mol. The zero-order chi connectivity index (χ0) is 14.0. The number of hydrogen-bond acceptors (Lipinski definition) is 3. The van der Waals surface area contributed by atoms with E-state index in [1.165, 1.54) is 0 Å². The summed E-state index contributed by atoms with van der Waals surface area (Å²) in [6.45, 7) is 11.4. The van der Waals surface area contributed by atoms with Gasteiger partial charge in [-0.15, -0.1) is 0 Å². The summed E-state index contributed by atoms with van der Waals surface area (Å²) >= 11 is 0. The van der Waals surface area contributed by atoms with E-state index in [1.54, 1.807) is 0 Å². The van der Waals surface area contributed by atoms with Crippen LogP contribution in [-0.4, -0.2) is 30.1 Å². The second-order valence-corrected chi connectivity index (χ2v) is 6.98. The first-order valence-corrected chi connectivity index (χ1v) is 6.95. The molecule has 2 atom stereocenters. The molecule has 1 amide bonds. The minimum absolute atomic E-state index is 0.0114. The van der Waals surface area contributed by atoms with Crippen molar-refractivity contribution in [3.8, 4) is 0 Å². The Morgan fingerprint density at radius 3 is 2.50 bits per heavy atom. The Hall–Kier alpha value is -0.610. The topological polar surface area (TPSA) is 67.1 Å². The largest absolute Gasteiger partial charge is 0.350 e. The van der Waals surface area contributed by atoms with Gasteiger partial charge in [0.25, 0.3) is 0 Å². The molecule has 2 unspecified atom stereocenters. The minimum atomic E-state index is -0.224. The molecule has 4 N–H and O–H groups in total. The van der Waals surface area contributed by atoms with Crippen molar-refractivity contribution in [3.63, 3.8) is 0 Å². The normalized spacial score (nSPS) is 22.9. The van der Waals surface area contributed by atoms with Crippen molar-refractivity contribution < 1.29 is 4.79 Å².